The van der Waals surface area contributed by atoms with Crippen LogP contribution in [0.4, 0.5) is 0 Å². The van der Waals surface area contributed by atoms with Gasteiger partial charge in [0.15, 0.2) is 0 Å². The van der Waals surface area contributed by atoms with E-state index in [1.165, 1.54) is 5.56 Å². The molecule has 3 heteroatoms. The van der Waals surface area contributed by atoms with Crippen LogP contribution in [-0.4, -0.2) is 22.8 Å². The first-order valence-electron chi connectivity index (χ1n) is 6.19. The third-order valence-corrected chi connectivity index (χ3v) is 3.66. The second-order valence-electron chi connectivity index (χ2n) is 4.72. The number of rotatable bonds is 7. The SMILES string of the molecule is CC(C)C(NCCCS(C)=O)c1ccccc1. The molecule has 1 N–H and O–H groups in total. The molecule has 1 rings (SSSR count). The maximum Gasteiger partial charge on any atom is 0.0343 e. The van der Waals surface area contributed by atoms with E-state index in [2.05, 4.69) is 43.4 Å². The summed E-state index contributed by atoms with van der Waals surface area (Å²) in [6.45, 7) is 5.38. The van der Waals surface area contributed by atoms with Crippen molar-refractivity contribution in [3.05, 3.63) is 35.9 Å². The molecule has 2 nitrogen and oxygen atoms in total. The minimum absolute atomic E-state index is 0.390. The van der Waals surface area contributed by atoms with Crippen LogP contribution in [0.25, 0.3) is 0 Å². The average molecular weight is 253 g/mol. The Labute approximate surface area is 107 Å². The highest BCUT2D eigenvalue weighted by Crippen LogP contribution is 2.20. The van der Waals surface area contributed by atoms with Gasteiger partial charge in [0.2, 0.25) is 0 Å². The highest BCUT2D eigenvalue weighted by atomic mass is 32.2. The van der Waals surface area contributed by atoms with Gasteiger partial charge in [0.25, 0.3) is 0 Å². The molecule has 0 radical (unpaired) electrons. The summed E-state index contributed by atoms with van der Waals surface area (Å²) in [4.78, 5) is 0. The molecule has 0 aliphatic heterocycles. The third-order valence-electron chi connectivity index (χ3n) is 2.80. The molecule has 0 saturated heterocycles. The first-order valence-corrected chi connectivity index (χ1v) is 7.92. The van der Waals surface area contributed by atoms with Gasteiger partial charge in [-0.3, -0.25) is 4.21 Å². The molecule has 0 aliphatic rings. The van der Waals surface area contributed by atoms with Crippen molar-refractivity contribution in [2.75, 3.05) is 18.6 Å². The van der Waals surface area contributed by atoms with E-state index in [-0.39, 0.29) is 0 Å². The normalized spacial score (nSPS) is 14.8. The topological polar surface area (TPSA) is 29.1 Å². The Balaban J connectivity index is 2.48. The van der Waals surface area contributed by atoms with Gasteiger partial charge in [0, 0.05) is 28.9 Å². The Morgan fingerprint density at radius 3 is 2.41 bits per heavy atom. The molecule has 0 bridgehead atoms. The van der Waals surface area contributed by atoms with Crippen molar-refractivity contribution < 1.29 is 4.21 Å². The Bertz CT molecular complexity index is 337. The van der Waals surface area contributed by atoms with Gasteiger partial charge < -0.3 is 5.32 Å². The molecule has 0 saturated carbocycles. The molecule has 2 unspecified atom stereocenters. The average Bonchev–Trinajstić information content (AvgIpc) is 2.29. The molecule has 0 spiro atoms. The minimum Gasteiger partial charge on any atom is -0.310 e. The lowest BCUT2D eigenvalue weighted by atomic mass is 9.96. The van der Waals surface area contributed by atoms with Crippen molar-refractivity contribution in [3.8, 4) is 0 Å². The molecule has 0 aromatic heterocycles. The van der Waals surface area contributed by atoms with E-state index in [0.29, 0.717) is 12.0 Å². The molecular formula is C14H23NOS. The van der Waals surface area contributed by atoms with Crippen LogP contribution in [0.1, 0.15) is 31.9 Å². The first kappa shape index (κ1) is 14.4. The zero-order valence-electron chi connectivity index (χ0n) is 11.0. The van der Waals surface area contributed by atoms with Crippen LogP contribution < -0.4 is 5.32 Å². The highest BCUT2D eigenvalue weighted by molar-refractivity contribution is 7.84. The minimum atomic E-state index is -0.675. The summed E-state index contributed by atoms with van der Waals surface area (Å²) in [6.07, 6.45) is 2.73. The molecule has 1 aromatic carbocycles. The third kappa shape index (κ3) is 5.46. The van der Waals surface area contributed by atoms with Crippen LogP contribution in [0, 0.1) is 5.92 Å². The monoisotopic (exact) mass is 253 g/mol. The van der Waals surface area contributed by atoms with Crippen LogP contribution in [0.5, 0.6) is 0 Å². The van der Waals surface area contributed by atoms with Crippen LogP contribution in [0.2, 0.25) is 0 Å². The summed E-state index contributed by atoms with van der Waals surface area (Å²) in [7, 11) is -0.675. The van der Waals surface area contributed by atoms with Crippen LogP contribution in [0.3, 0.4) is 0 Å². The van der Waals surface area contributed by atoms with E-state index >= 15 is 0 Å². The number of hydrogen-bond acceptors (Lipinski definition) is 2. The van der Waals surface area contributed by atoms with Gasteiger partial charge in [-0.25, -0.2) is 0 Å². The van der Waals surface area contributed by atoms with Crippen LogP contribution in [0.15, 0.2) is 30.3 Å². The zero-order valence-corrected chi connectivity index (χ0v) is 11.8. The van der Waals surface area contributed by atoms with E-state index in [1.54, 1.807) is 6.26 Å². The van der Waals surface area contributed by atoms with E-state index in [9.17, 15) is 4.21 Å². The predicted molar refractivity (Wildman–Crippen MR) is 75.6 cm³/mol. The van der Waals surface area contributed by atoms with Gasteiger partial charge in [-0.1, -0.05) is 44.2 Å². The van der Waals surface area contributed by atoms with Gasteiger partial charge in [-0.2, -0.15) is 0 Å². The fourth-order valence-corrected chi connectivity index (χ4v) is 2.48. The molecule has 1 aromatic rings. The summed E-state index contributed by atoms with van der Waals surface area (Å²) in [6, 6.07) is 10.9. The first-order chi connectivity index (χ1) is 8.11. The second kappa shape index (κ2) is 7.62. The fraction of sp³-hybridized carbons (Fsp3) is 0.571. The van der Waals surface area contributed by atoms with Gasteiger partial charge in [0.05, 0.1) is 0 Å². The van der Waals surface area contributed by atoms with E-state index in [1.807, 2.05) is 6.07 Å². The van der Waals surface area contributed by atoms with Crippen molar-refractivity contribution >= 4 is 10.8 Å². The Morgan fingerprint density at radius 2 is 1.88 bits per heavy atom. The van der Waals surface area contributed by atoms with Crippen molar-refractivity contribution in [3.63, 3.8) is 0 Å². The van der Waals surface area contributed by atoms with E-state index < -0.39 is 10.8 Å². The van der Waals surface area contributed by atoms with Gasteiger partial charge in [-0.05, 0) is 24.4 Å². The van der Waals surface area contributed by atoms with E-state index in [0.717, 1.165) is 18.7 Å². The van der Waals surface area contributed by atoms with Crippen molar-refractivity contribution in [1.29, 1.82) is 0 Å². The lowest BCUT2D eigenvalue weighted by Crippen LogP contribution is -2.27. The van der Waals surface area contributed by atoms with Gasteiger partial charge >= 0.3 is 0 Å². The second-order valence-corrected chi connectivity index (χ2v) is 6.27. The van der Waals surface area contributed by atoms with Crippen molar-refractivity contribution in [2.24, 2.45) is 5.92 Å². The smallest absolute Gasteiger partial charge is 0.0343 e. The molecular weight excluding hydrogens is 230 g/mol. The Kier molecular flexibility index (Phi) is 6.45. The fourth-order valence-electron chi connectivity index (χ4n) is 1.93. The molecule has 17 heavy (non-hydrogen) atoms. The summed E-state index contributed by atoms with van der Waals surface area (Å²) in [5.41, 5.74) is 1.33. The van der Waals surface area contributed by atoms with Gasteiger partial charge in [-0.15, -0.1) is 0 Å². The van der Waals surface area contributed by atoms with Crippen molar-refractivity contribution in [1.82, 2.24) is 5.32 Å². The number of hydrogen-bond donors (Lipinski definition) is 1. The summed E-state index contributed by atoms with van der Waals surface area (Å²) >= 11 is 0. The molecule has 0 aliphatic carbocycles. The lowest BCUT2D eigenvalue weighted by molar-refractivity contribution is 0.413. The Hall–Kier alpha value is -0.670. The predicted octanol–water partition coefficient (Wildman–Crippen LogP) is 2.74. The zero-order chi connectivity index (χ0) is 12.7. The van der Waals surface area contributed by atoms with Crippen molar-refractivity contribution in [2.45, 2.75) is 26.3 Å². The Morgan fingerprint density at radius 1 is 1.24 bits per heavy atom. The molecule has 2 atom stereocenters. The maximum absolute atomic E-state index is 11.0. The van der Waals surface area contributed by atoms with Crippen LogP contribution in [-0.2, 0) is 10.8 Å². The standard InChI is InChI=1S/C14H23NOS/c1-12(2)14(13-8-5-4-6-9-13)15-10-7-11-17(3)16/h4-6,8-9,12,14-15H,7,10-11H2,1-3H3. The van der Waals surface area contributed by atoms with Crippen LogP contribution >= 0.6 is 0 Å². The number of nitrogens with one attached hydrogen (secondary N) is 1. The van der Waals surface area contributed by atoms with E-state index in [4.69, 9.17) is 0 Å². The quantitative estimate of drug-likeness (QED) is 0.757. The molecule has 0 fully saturated rings. The van der Waals surface area contributed by atoms with Gasteiger partial charge in [0.1, 0.15) is 0 Å². The maximum atomic E-state index is 11.0. The largest absolute Gasteiger partial charge is 0.310 e. The molecule has 0 amide bonds. The molecule has 0 heterocycles. The summed E-state index contributed by atoms with van der Waals surface area (Å²) in [5.74, 6) is 1.34. The molecule has 96 valence electrons. The summed E-state index contributed by atoms with van der Waals surface area (Å²) in [5, 5.41) is 3.56. The summed E-state index contributed by atoms with van der Waals surface area (Å²) < 4.78 is 11.0. The highest BCUT2D eigenvalue weighted by Gasteiger charge is 2.14. The lowest BCUT2D eigenvalue weighted by Gasteiger charge is -2.23. The number of benzene rings is 1.